The Balaban J connectivity index is 2.47. The van der Waals surface area contributed by atoms with Gasteiger partial charge in [0.1, 0.15) is 10.6 Å². The number of halogens is 1. The lowest BCUT2D eigenvalue weighted by Crippen LogP contribution is -1.92. The van der Waals surface area contributed by atoms with Gasteiger partial charge < -0.3 is 4.74 Å². The van der Waals surface area contributed by atoms with Crippen LogP contribution >= 0.6 is 15.9 Å². The molecule has 0 aromatic heterocycles. The van der Waals surface area contributed by atoms with E-state index in [-0.39, 0.29) is 11.8 Å². The molecule has 68 valence electrons. The Bertz CT molecular complexity index is 362. The van der Waals surface area contributed by atoms with Gasteiger partial charge in [-0.15, -0.1) is 0 Å². The molecule has 13 heavy (non-hydrogen) atoms. The van der Waals surface area contributed by atoms with Gasteiger partial charge in [0.2, 0.25) is 0 Å². The first-order valence-electron chi connectivity index (χ1n) is 3.74. The third-order valence-electron chi connectivity index (χ3n) is 1.89. The summed E-state index contributed by atoms with van der Waals surface area (Å²) in [5.41, 5.74) is 0.946. The fourth-order valence-electron chi connectivity index (χ4n) is 1.15. The van der Waals surface area contributed by atoms with E-state index in [0.717, 1.165) is 5.56 Å². The van der Waals surface area contributed by atoms with Crippen molar-refractivity contribution in [1.82, 2.24) is 0 Å². The van der Waals surface area contributed by atoms with Crippen LogP contribution in [0.2, 0.25) is 0 Å². The topological polar surface area (TPSA) is 55.7 Å². The molecule has 1 aliphatic heterocycles. The van der Waals surface area contributed by atoms with Gasteiger partial charge in [-0.05, 0) is 15.9 Å². The largest absolute Gasteiger partial charge is 0.368 e. The van der Waals surface area contributed by atoms with Crippen LogP contribution in [-0.2, 0) is 4.74 Å². The van der Waals surface area contributed by atoms with Crippen LogP contribution in [0.1, 0.15) is 11.7 Å². The van der Waals surface area contributed by atoms with E-state index in [2.05, 4.69) is 15.9 Å². The molecule has 5 heteroatoms. The molecule has 0 saturated carbocycles. The van der Waals surface area contributed by atoms with Crippen LogP contribution in [0.25, 0.3) is 0 Å². The first-order chi connectivity index (χ1) is 6.20. The van der Waals surface area contributed by atoms with E-state index in [9.17, 15) is 10.1 Å². The zero-order valence-corrected chi connectivity index (χ0v) is 8.15. The highest BCUT2D eigenvalue weighted by Gasteiger charge is 2.29. The molecular weight excluding hydrogens is 238 g/mol. The molecule has 4 nitrogen and oxygen atoms in total. The molecule has 0 amide bonds. The quantitative estimate of drug-likeness (QED) is 0.456. The summed E-state index contributed by atoms with van der Waals surface area (Å²) in [4.78, 5) is 10.1. The van der Waals surface area contributed by atoms with Gasteiger partial charge in [-0.3, -0.25) is 10.1 Å². The van der Waals surface area contributed by atoms with E-state index >= 15 is 0 Å². The Labute approximate surface area is 82.8 Å². The fraction of sp³-hybridized carbons (Fsp3) is 0.250. The van der Waals surface area contributed by atoms with Crippen LogP contribution in [0.15, 0.2) is 22.7 Å². The maximum absolute atomic E-state index is 10.6. The number of nitro groups is 1. The average Bonchev–Trinajstić information content (AvgIpc) is 2.87. The van der Waals surface area contributed by atoms with E-state index in [1.165, 1.54) is 6.07 Å². The molecular formula is C8H6BrNO3. The second kappa shape index (κ2) is 3.08. The minimum absolute atomic E-state index is 0.0364. The van der Waals surface area contributed by atoms with Crippen LogP contribution in [0, 0.1) is 10.1 Å². The van der Waals surface area contributed by atoms with Gasteiger partial charge in [0.05, 0.1) is 11.5 Å². The number of nitrogens with zero attached hydrogens (tertiary/aromatic N) is 1. The second-order valence-corrected chi connectivity index (χ2v) is 3.55. The lowest BCUT2D eigenvalue weighted by molar-refractivity contribution is -0.385. The van der Waals surface area contributed by atoms with Crippen molar-refractivity contribution >= 4 is 21.6 Å². The van der Waals surface area contributed by atoms with Crippen LogP contribution in [0.4, 0.5) is 5.69 Å². The van der Waals surface area contributed by atoms with E-state index in [1.54, 1.807) is 6.07 Å². The minimum atomic E-state index is -0.407. The monoisotopic (exact) mass is 243 g/mol. The fourth-order valence-corrected chi connectivity index (χ4v) is 1.82. The molecule has 1 fully saturated rings. The predicted octanol–water partition coefficient (Wildman–Crippen LogP) is 2.43. The Morgan fingerprint density at radius 3 is 2.85 bits per heavy atom. The zero-order chi connectivity index (χ0) is 9.42. The maximum atomic E-state index is 10.6. The number of ether oxygens (including phenoxy) is 1. The highest BCUT2D eigenvalue weighted by Crippen LogP contribution is 2.38. The van der Waals surface area contributed by atoms with Gasteiger partial charge in [0, 0.05) is 11.6 Å². The summed E-state index contributed by atoms with van der Waals surface area (Å²) < 4.78 is 5.59. The zero-order valence-electron chi connectivity index (χ0n) is 6.57. The van der Waals surface area contributed by atoms with Crippen molar-refractivity contribution in [3.05, 3.63) is 38.3 Å². The molecule has 1 aromatic rings. The molecule has 0 radical (unpaired) electrons. The highest BCUT2D eigenvalue weighted by atomic mass is 79.9. The Morgan fingerprint density at radius 2 is 2.31 bits per heavy atom. The number of hydrogen-bond donors (Lipinski definition) is 0. The molecule has 0 aliphatic carbocycles. The number of hydrogen-bond acceptors (Lipinski definition) is 3. The molecule has 1 aliphatic rings. The second-order valence-electron chi connectivity index (χ2n) is 2.76. The molecule has 1 heterocycles. The summed E-state index contributed by atoms with van der Waals surface area (Å²) in [5, 5.41) is 10.6. The summed E-state index contributed by atoms with van der Waals surface area (Å²) in [6.45, 7) is 0.653. The molecule has 1 aromatic carbocycles. The Kier molecular flexibility index (Phi) is 2.05. The predicted molar refractivity (Wildman–Crippen MR) is 49.5 cm³/mol. The number of nitro benzene ring substituents is 1. The third kappa shape index (κ3) is 1.57. The molecule has 0 bridgehead atoms. The van der Waals surface area contributed by atoms with Crippen LogP contribution in [0.3, 0.4) is 0 Å². The SMILES string of the molecule is O=[N+]([O-])c1cccc([C@@H]2CO2)c1Br. The standard InChI is InChI=1S/C8H6BrNO3/c9-8-5(7-4-13-7)2-1-3-6(8)10(11)12/h1-3,7H,4H2/t7-/m0/s1. The number of epoxide rings is 1. The lowest BCUT2D eigenvalue weighted by Gasteiger charge is -2.00. The van der Waals surface area contributed by atoms with Crippen LogP contribution in [-0.4, -0.2) is 11.5 Å². The average molecular weight is 244 g/mol. The molecule has 2 rings (SSSR count). The molecule has 1 saturated heterocycles. The van der Waals surface area contributed by atoms with Crippen molar-refractivity contribution < 1.29 is 9.66 Å². The lowest BCUT2D eigenvalue weighted by atomic mass is 10.1. The third-order valence-corrected chi connectivity index (χ3v) is 2.75. The normalized spacial score (nSPS) is 19.9. The smallest absolute Gasteiger partial charge is 0.283 e. The van der Waals surface area contributed by atoms with Gasteiger partial charge >= 0.3 is 0 Å². The molecule has 0 unspecified atom stereocenters. The Morgan fingerprint density at radius 1 is 1.62 bits per heavy atom. The van der Waals surface area contributed by atoms with Gasteiger partial charge in [0.25, 0.3) is 5.69 Å². The first-order valence-corrected chi connectivity index (χ1v) is 4.54. The molecule has 0 spiro atoms. The van der Waals surface area contributed by atoms with E-state index < -0.39 is 4.92 Å². The maximum Gasteiger partial charge on any atom is 0.283 e. The highest BCUT2D eigenvalue weighted by molar-refractivity contribution is 9.10. The Hall–Kier alpha value is -0.940. The van der Waals surface area contributed by atoms with Crippen LogP contribution < -0.4 is 0 Å². The molecule has 1 atom stereocenters. The summed E-state index contributed by atoms with van der Waals surface area (Å²) >= 11 is 3.20. The van der Waals surface area contributed by atoms with Crippen molar-refractivity contribution in [2.24, 2.45) is 0 Å². The number of benzene rings is 1. The van der Waals surface area contributed by atoms with Gasteiger partial charge in [-0.2, -0.15) is 0 Å². The minimum Gasteiger partial charge on any atom is -0.368 e. The molecule has 0 N–H and O–H groups in total. The van der Waals surface area contributed by atoms with Gasteiger partial charge in [0.15, 0.2) is 0 Å². The summed E-state index contributed by atoms with van der Waals surface area (Å²) in [5.74, 6) is 0. The summed E-state index contributed by atoms with van der Waals surface area (Å²) in [6, 6.07) is 4.96. The van der Waals surface area contributed by atoms with E-state index in [1.807, 2.05) is 6.07 Å². The summed E-state index contributed by atoms with van der Waals surface area (Å²) in [6.07, 6.45) is 0.0364. The van der Waals surface area contributed by atoms with E-state index in [4.69, 9.17) is 4.74 Å². The summed E-state index contributed by atoms with van der Waals surface area (Å²) in [7, 11) is 0. The van der Waals surface area contributed by atoms with Crippen molar-refractivity contribution in [3.8, 4) is 0 Å². The van der Waals surface area contributed by atoms with Crippen molar-refractivity contribution in [3.63, 3.8) is 0 Å². The van der Waals surface area contributed by atoms with Gasteiger partial charge in [-0.1, -0.05) is 12.1 Å². The van der Waals surface area contributed by atoms with Crippen LogP contribution in [0.5, 0.6) is 0 Å². The van der Waals surface area contributed by atoms with Crippen molar-refractivity contribution in [2.75, 3.05) is 6.61 Å². The first kappa shape index (κ1) is 8.65. The van der Waals surface area contributed by atoms with Crippen molar-refractivity contribution in [1.29, 1.82) is 0 Å². The van der Waals surface area contributed by atoms with Gasteiger partial charge in [-0.25, -0.2) is 0 Å². The number of rotatable bonds is 2. The van der Waals surface area contributed by atoms with E-state index in [0.29, 0.717) is 11.1 Å². The van der Waals surface area contributed by atoms with Crippen molar-refractivity contribution in [2.45, 2.75) is 6.10 Å².